The number of amides is 1. The molecule has 0 saturated heterocycles. The van der Waals surface area contributed by atoms with Crippen molar-refractivity contribution in [2.24, 2.45) is 5.92 Å². The van der Waals surface area contributed by atoms with Gasteiger partial charge in [-0.3, -0.25) is 9.59 Å². The van der Waals surface area contributed by atoms with Crippen LogP contribution in [0.15, 0.2) is 66.7 Å². The van der Waals surface area contributed by atoms with Crippen LogP contribution < -0.4 is 4.90 Å². The van der Waals surface area contributed by atoms with Crippen LogP contribution >= 0.6 is 0 Å². The van der Waals surface area contributed by atoms with Gasteiger partial charge in [0.1, 0.15) is 5.75 Å². The fourth-order valence-electron chi connectivity index (χ4n) is 5.85. The lowest BCUT2D eigenvalue weighted by molar-refractivity contribution is -0.138. The number of phenols is 1. The van der Waals surface area contributed by atoms with Gasteiger partial charge in [-0.2, -0.15) is 0 Å². The standard InChI is InChI=1S/C31H33NO4/c33-29-6-2-1-4-27(29)20-30(34)32-17-3-5-26-19-25(15-16-28(26)32)24-13-11-23(12-14-24)22-9-7-21(8-10-22)18-31(35)36/h1-2,4,6,11-16,19,21-22,33H,3,5,7-10,17-18,20H2,(H,35,36). The number of nitrogens with zero attached hydrogens (tertiary/aromatic N) is 1. The quantitative estimate of drug-likeness (QED) is 0.429. The Hall–Kier alpha value is -3.60. The maximum absolute atomic E-state index is 13.1. The van der Waals surface area contributed by atoms with Gasteiger partial charge in [-0.25, -0.2) is 0 Å². The molecule has 5 heteroatoms. The smallest absolute Gasteiger partial charge is 0.303 e. The number of para-hydroxylation sites is 1. The second kappa shape index (κ2) is 10.6. The molecule has 1 aliphatic carbocycles. The zero-order chi connectivity index (χ0) is 25.1. The zero-order valence-electron chi connectivity index (χ0n) is 20.5. The number of anilines is 1. The Labute approximate surface area is 212 Å². The van der Waals surface area contributed by atoms with E-state index in [0.29, 0.717) is 30.4 Å². The number of carbonyl (C=O) groups is 2. The number of carbonyl (C=O) groups excluding carboxylic acids is 1. The summed E-state index contributed by atoms with van der Waals surface area (Å²) in [5, 5.41) is 19.1. The van der Waals surface area contributed by atoms with Crippen molar-refractivity contribution in [3.8, 4) is 16.9 Å². The number of benzene rings is 3. The lowest BCUT2D eigenvalue weighted by atomic mass is 9.77. The summed E-state index contributed by atoms with van der Waals surface area (Å²) in [5.41, 5.74) is 6.47. The second-order valence-corrected chi connectivity index (χ2v) is 10.2. The van der Waals surface area contributed by atoms with Gasteiger partial charge >= 0.3 is 5.97 Å². The SMILES string of the molecule is O=C(O)CC1CCC(c2ccc(-c3ccc4c(c3)CCCN4C(=O)Cc3ccccc3O)cc2)CC1. The zero-order valence-corrected chi connectivity index (χ0v) is 20.5. The molecule has 3 aromatic rings. The lowest BCUT2D eigenvalue weighted by Gasteiger charge is -2.30. The third kappa shape index (κ3) is 5.30. The molecule has 5 rings (SSSR count). The predicted molar refractivity (Wildman–Crippen MR) is 141 cm³/mol. The average Bonchev–Trinajstić information content (AvgIpc) is 2.89. The molecule has 0 spiro atoms. The Balaban J connectivity index is 1.27. The van der Waals surface area contributed by atoms with Gasteiger partial charge in [0.2, 0.25) is 5.91 Å². The van der Waals surface area contributed by atoms with Crippen LogP contribution in [0.3, 0.4) is 0 Å². The van der Waals surface area contributed by atoms with Gasteiger partial charge in [0.15, 0.2) is 0 Å². The summed E-state index contributed by atoms with van der Waals surface area (Å²) in [7, 11) is 0. The highest BCUT2D eigenvalue weighted by molar-refractivity contribution is 5.96. The van der Waals surface area contributed by atoms with Crippen LogP contribution in [-0.4, -0.2) is 28.6 Å². The highest BCUT2D eigenvalue weighted by Crippen LogP contribution is 2.38. The van der Waals surface area contributed by atoms with Gasteiger partial charge in [-0.1, -0.05) is 48.5 Å². The van der Waals surface area contributed by atoms with Crippen LogP contribution in [0, 0.1) is 5.92 Å². The topological polar surface area (TPSA) is 77.8 Å². The summed E-state index contributed by atoms with van der Waals surface area (Å²) in [6.45, 7) is 0.697. The van der Waals surface area contributed by atoms with Crippen molar-refractivity contribution in [1.29, 1.82) is 0 Å². The van der Waals surface area contributed by atoms with Crippen LogP contribution in [0.1, 0.15) is 61.1 Å². The van der Waals surface area contributed by atoms with E-state index < -0.39 is 5.97 Å². The number of aryl methyl sites for hydroxylation is 1. The minimum atomic E-state index is -0.684. The van der Waals surface area contributed by atoms with E-state index in [1.54, 1.807) is 18.2 Å². The normalized spacial score (nSPS) is 19.5. The Kier molecular flexibility index (Phi) is 7.08. The predicted octanol–water partition coefficient (Wildman–Crippen LogP) is 6.33. The molecule has 0 radical (unpaired) electrons. The molecule has 1 amide bonds. The van der Waals surface area contributed by atoms with Crippen LogP contribution in [0.4, 0.5) is 5.69 Å². The summed E-state index contributed by atoms with van der Waals surface area (Å²) < 4.78 is 0. The first kappa shape index (κ1) is 24.1. The van der Waals surface area contributed by atoms with E-state index in [-0.39, 0.29) is 18.1 Å². The maximum Gasteiger partial charge on any atom is 0.303 e. The fraction of sp³-hybridized carbons (Fsp3) is 0.355. The average molecular weight is 484 g/mol. The largest absolute Gasteiger partial charge is 0.508 e. The Morgan fingerprint density at radius 2 is 1.61 bits per heavy atom. The monoisotopic (exact) mass is 483 g/mol. The van der Waals surface area contributed by atoms with Crippen molar-refractivity contribution in [2.75, 3.05) is 11.4 Å². The molecule has 1 saturated carbocycles. The molecular weight excluding hydrogens is 450 g/mol. The molecule has 0 atom stereocenters. The van der Waals surface area contributed by atoms with E-state index >= 15 is 0 Å². The first-order valence-corrected chi connectivity index (χ1v) is 13.0. The molecule has 2 N–H and O–H groups in total. The third-order valence-corrected chi connectivity index (χ3v) is 7.86. The van der Waals surface area contributed by atoms with E-state index in [2.05, 4.69) is 42.5 Å². The molecule has 5 nitrogen and oxygen atoms in total. The molecule has 3 aromatic carbocycles. The third-order valence-electron chi connectivity index (χ3n) is 7.86. The second-order valence-electron chi connectivity index (χ2n) is 10.2. The van der Waals surface area contributed by atoms with Crippen LogP contribution in [0.2, 0.25) is 0 Å². The van der Waals surface area contributed by atoms with Crippen LogP contribution in [0.25, 0.3) is 11.1 Å². The van der Waals surface area contributed by atoms with Gasteiger partial charge in [0.25, 0.3) is 0 Å². The molecule has 1 heterocycles. The van der Waals surface area contributed by atoms with Gasteiger partial charge in [0, 0.05) is 24.2 Å². The number of carboxylic acids is 1. The van der Waals surface area contributed by atoms with Crippen molar-refractivity contribution in [2.45, 2.75) is 57.3 Å². The number of carboxylic acid groups (broad SMARTS) is 1. The molecule has 2 aliphatic rings. The molecule has 1 fully saturated rings. The highest BCUT2D eigenvalue weighted by atomic mass is 16.4. The van der Waals surface area contributed by atoms with Crippen LogP contribution in [-0.2, 0) is 22.4 Å². The maximum atomic E-state index is 13.1. The summed E-state index contributed by atoms with van der Waals surface area (Å²) in [5.74, 6) is 0.313. The summed E-state index contributed by atoms with van der Waals surface area (Å²) in [4.78, 5) is 25.9. The van der Waals surface area contributed by atoms with Crippen molar-refractivity contribution in [1.82, 2.24) is 0 Å². The number of hydrogen-bond acceptors (Lipinski definition) is 3. The first-order chi connectivity index (χ1) is 17.5. The molecule has 36 heavy (non-hydrogen) atoms. The van der Waals surface area contributed by atoms with Crippen molar-refractivity contribution >= 4 is 17.6 Å². The number of aliphatic carboxylic acids is 1. The number of rotatable bonds is 6. The van der Waals surface area contributed by atoms with Gasteiger partial charge in [0.05, 0.1) is 6.42 Å². The number of hydrogen-bond donors (Lipinski definition) is 2. The van der Waals surface area contributed by atoms with E-state index in [1.807, 2.05) is 11.0 Å². The highest BCUT2D eigenvalue weighted by Gasteiger charge is 2.25. The molecule has 1 aliphatic heterocycles. The molecule has 0 aromatic heterocycles. The van der Waals surface area contributed by atoms with Crippen molar-refractivity contribution in [3.05, 3.63) is 83.4 Å². The summed E-state index contributed by atoms with van der Waals surface area (Å²) in [6.07, 6.45) is 6.44. The van der Waals surface area contributed by atoms with Gasteiger partial charge in [-0.15, -0.1) is 0 Å². The van der Waals surface area contributed by atoms with Gasteiger partial charge in [-0.05, 0) is 90.8 Å². The van der Waals surface area contributed by atoms with Crippen molar-refractivity contribution < 1.29 is 19.8 Å². The Morgan fingerprint density at radius 3 is 2.33 bits per heavy atom. The Bertz CT molecular complexity index is 1240. The lowest BCUT2D eigenvalue weighted by Crippen LogP contribution is -2.36. The van der Waals surface area contributed by atoms with Gasteiger partial charge < -0.3 is 15.1 Å². The molecule has 0 unspecified atom stereocenters. The van der Waals surface area contributed by atoms with E-state index in [1.165, 1.54) is 16.7 Å². The number of aromatic hydroxyl groups is 1. The molecule has 186 valence electrons. The molecule has 0 bridgehead atoms. The number of phenolic OH excluding ortho intramolecular Hbond substituents is 1. The molecular formula is C31H33NO4. The summed E-state index contributed by atoms with van der Waals surface area (Å²) in [6, 6.07) is 22.2. The van der Waals surface area contributed by atoms with Crippen molar-refractivity contribution in [3.63, 3.8) is 0 Å². The fourth-order valence-corrected chi connectivity index (χ4v) is 5.85. The summed E-state index contributed by atoms with van der Waals surface area (Å²) >= 11 is 0. The number of fused-ring (bicyclic) bond motifs is 1. The van der Waals surface area contributed by atoms with E-state index in [9.17, 15) is 14.7 Å². The van der Waals surface area contributed by atoms with E-state index in [4.69, 9.17) is 5.11 Å². The Morgan fingerprint density at radius 1 is 0.889 bits per heavy atom. The van der Waals surface area contributed by atoms with Crippen LogP contribution in [0.5, 0.6) is 5.75 Å². The van der Waals surface area contributed by atoms with E-state index in [0.717, 1.165) is 49.8 Å². The minimum absolute atomic E-state index is 0.00706. The first-order valence-electron chi connectivity index (χ1n) is 13.0. The minimum Gasteiger partial charge on any atom is -0.508 e.